The monoisotopic (exact) mass is 602 g/mol. The minimum Gasteiger partial charge on any atom is -0.424 e. The van der Waals surface area contributed by atoms with Crippen molar-refractivity contribution in [2.75, 3.05) is 11.4 Å². The predicted molar refractivity (Wildman–Crippen MR) is 163 cm³/mol. The van der Waals surface area contributed by atoms with Crippen molar-refractivity contribution in [1.82, 2.24) is 15.2 Å². The summed E-state index contributed by atoms with van der Waals surface area (Å²) in [6.45, 7) is 2.56. The van der Waals surface area contributed by atoms with Crippen molar-refractivity contribution in [3.63, 3.8) is 0 Å². The lowest BCUT2D eigenvalue weighted by atomic mass is 9.53. The van der Waals surface area contributed by atoms with Crippen molar-refractivity contribution in [2.45, 2.75) is 94.8 Å². The molecule has 6 nitrogen and oxygen atoms in total. The number of aromatic nitrogens is 3. The van der Waals surface area contributed by atoms with E-state index in [4.69, 9.17) is 4.42 Å². The van der Waals surface area contributed by atoms with Gasteiger partial charge in [0.15, 0.2) is 0 Å². The van der Waals surface area contributed by atoms with Crippen LogP contribution in [0.5, 0.6) is 0 Å². The van der Waals surface area contributed by atoms with Gasteiger partial charge >= 0.3 is 0 Å². The minimum absolute atomic E-state index is 0.0487. The van der Waals surface area contributed by atoms with Crippen LogP contribution in [-0.2, 0) is 10.2 Å². The van der Waals surface area contributed by atoms with Crippen LogP contribution < -0.4 is 4.90 Å². The molecule has 2 aromatic carbocycles. The standard InChI is InChI=1S/C34H36F2N4O2S/c1-21-37-27-8-7-24(18-28(27)43-21)23-3-2-4-26(17-23)40(30(41)25-9-10-34(35,36)19-25)20-32-11-14-33(15-12-32,16-13-32)31-39-38-29(42-31)22-5-6-22/h2-4,7-8,17-18,22,25H,5-6,9-16,19-20H2,1H3. The molecule has 0 spiro atoms. The Kier molecular flexibility index (Phi) is 6.30. The lowest BCUT2D eigenvalue weighted by Gasteiger charge is -2.53. The van der Waals surface area contributed by atoms with Gasteiger partial charge in [0.25, 0.3) is 0 Å². The second kappa shape index (κ2) is 9.91. The average Bonchev–Trinajstić information content (AvgIpc) is 3.42. The summed E-state index contributed by atoms with van der Waals surface area (Å²) in [7, 11) is 0. The van der Waals surface area contributed by atoms with Crippen LogP contribution in [0.25, 0.3) is 21.3 Å². The quantitative estimate of drug-likeness (QED) is 0.212. The fourth-order valence-electron chi connectivity index (χ4n) is 7.85. The summed E-state index contributed by atoms with van der Waals surface area (Å²) in [5, 5.41) is 9.89. The average molecular weight is 603 g/mol. The summed E-state index contributed by atoms with van der Waals surface area (Å²) in [6, 6.07) is 14.3. The van der Waals surface area contributed by atoms with Gasteiger partial charge in [-0.1, -0.05) is 18.2 Å². The highest BCUT2D eigenvalue weighted by Gasteiger charge is 2.54. The Labute approximate surface area is 253 Å². The molecule has 224 valence electrons. The van der Waals surface area contributed by atoms with E-state index >= 15 is 0 Å². The van der Waals surface area contributed by atoms with Gasteiger partial charge in [0, 0.05) is 42.3 Å². The van der Waals surface area contributed by atoms with Crippen LogP contribution in [0.1, 0.15) is 93.3 Å². The molecule has 1 amide bonds. The Bertz CT molecular complexity index is 1680. The second-order valence-corrected chi connectivity index (χ2v) is 14.9. The van der Waals surface area contributed by atoms with Gasteiger partial charge in [0.2, 0.25) is 23.6 Å². The lowest BCUT2D eigenvalue weighted by Crippen LogP contribution is -2.51. The SMILES string of the molecule is Cc1nc2ccc(-c3cccc(N(CC45CCC(c6nnc(C7CC7)o6)(CC4)CC5)C(=O)C4CCC(F)(F)C4)c3)cc2s1. The molecule has 0 N–H and O–H groups in total. The molecule has 5 aliphatic carbocycles. The van der Waals surface area contributed by atoms with Crippen molar-refractivity contribution in [3.05, 3.63) is 59.3 Å². The molecule has 43 heavy (non-hydrogen) atoms. The van der Waals surface area contributed by atoms with Crippen LogP contribution in [-0.4, -0.2) is 33.6 Å². The maximum atomic E-state index is 14.3. The number of fused-ring (bicyclic) bond motifs is 4. The van der Waals surface area contributed by atoms with Crippen LogP contribution in [0.4, 0.5) is 14.5 Å². The van der Waals surface area contributed by atoms with Crippen molar-refractivity contribution < 1.29 is 18.0 Å². The van der Waals surface area contributed by atoms with Crippen molar-refractivity contribution in [3.8, 4) is 11.1 Å². The molecule has 2 heterocycles. The molecule has 5 saturated carbocycles. The zero-order valence-electron chi connectivity index (χ0n) is 24.5. The van der Waals surface area contributed by atoms with E-state index in [9.17, 15) is 13.6 Å². The van der Waals surface area contributed by atoms with E-state index in [-0.39, 0.29) is 36.0 Å². The summed E-state index contributed by atoms with van der Waals surface area (Å²) in [6.07, 6.45) is 7.67. The molecule has 0 radical (unpaired) electrons. The van der Waals surface area contributed by atoms with Crippen molar-refractivity contribution in [2.24, 2.45) is 11.3 Å². The largest absolute Gasteiger partial charge is 0.424 e. The number of carbonyl (C=O) groups is 1. The molecule has 9 heteroatoms. The highest BCUT2D eigenvalue weighted by Crippen LogP contribution is 2.58. The molecule has 4 aromatic rings. The topological polar surface area (TPSA) is 72.1 Å². The van der Waals surface area contributed by atoms with E-state index in [1.807, 2.05) is 30.0 Å². The van der Waals surface area contributed by atoms with E-state index in [1.165, 1.54) is 0 Å². The van der Waals surface area contributed by atoms with Crippen LogP contribution in [0.15, 0.2) is 46.9 Å². The first-order valence-electron chi connectivity index (χ1n) is 15.7. The Morgan fingerprint density at radius 1 is 0.977 bits per heavy atom. The molecule has 2 aromatic heterocycles. The fourth-order valence-corrected chi connectivity index (χ4v) is 8.72. The number of anilines is 1. The van der Waals surface area contributed by atoms with Gasteiger partial charge in [0.1, 0.15) is 0 Å². The Hall–Kier alpha value is -3.20. The number of hydrogen-bond donors (Lipinski definition) is 0. The zero-order chi connectivity index (χ0) is 29.4. The van der Waals surface area contributed by atoms with Gasteiger partial charge in [-0.2, -0.15) is 0 Å². The normalized spacial score (nSPS) is 28.0. The van der Waals surface area contributed by atoms with Gasteiger partial charge < -0.3 is 9.32 Å². The predicted octanol–water partition coefficient (Wildman–Crippen LogP) is 8.59. The van der Waals surface area contributed by atoms with Gasteiger partial charge in [0.05, 0.1) is 15.2 Å². The first-order chi connectivity index (χ1) is 20.7. The maximum Gasteiger partial charge on any atom is 0.248 e. The molecule has 2 bridgehead atoms. The number of alkyl halides is 2. The van der Waals surface area contributed by atoms with Crippen LogP contribution >= 0.6 is 11.3 Å². The molecular weight excluding hydrogens is 566 g/mol. The zero-order valence-corrected chi connectivity index (χ0v) is 25.3. The third-order valence-electron chi connectivity index (χ3n) is 10.7. The number of hydrogen-bond acceptors (Lipinski definition) is 6. The third-order valence-corrected chi connectivity index (χ3v) is 11.7. The summed E-state index contributed by atoms with van der Waals surface area (Å²) in [5.41, 5.74) is 3.72. The fraction of sp³-hybridized carbons (Fsp3) is 0.529. The minimum atomic E-state index is -2.77. The highest BCUT2D eigenvalue weighted by atomic mass is 32.1. The van der Waals surface area contributed by atoms with E-state index in [0.29, 0.717) is 12.5 Å². The van der Waals surface area contributed by atoms with Gasteiger partial charge in [-0.3, -0.25) is 4.79 Å². The molecule has 5 aliphatic rings. The molecular formula is C34H36F2N4O2S. The van der Waals surface area contributed by atoms with Gasteiger partial charge in [-0.05, 0) is 106 Å². The second-order valence-electron chi connectivity index (χ2n) is 13.7. The van der Waals surface area contributed by atoms with Crippen molar-refractivity contribution >= 4 is 33.1 Å². The number of thiazole rings is 1. The van der Waals surface area contributed by atoms with Gasteiger partial charge in [-0.15, -0.1) is 21.5 Å². The maximum absolute atomic E-state index is 14.3. The third kappa shape index (κ3) is 4.97. The Balaban J connectivity index is 1.08. The first kappa shape index (κ1) is 27.4. The summed E-state index contributed by atoms with van der Waals surface area (Å²) in [5.74, 6) is -1.56. The highest BCUT2D eigenvalue weighted by molar-refractivity contribution is 7.18. The molecule has 0 aliphatic heterocycles. The smallest absolute Gasteiger partial charge is 0.248 e. The van der Waals surface area contributed by atoms with Crippen LogP contribution in [0.2, 0.25) is 0 Å². The van der Waals surface area contributed by atoms with E-state index in [0.717, 1.165) is 95.2 Å². The number of halogens is 2. The number of rotatable bonds is 7. The van der Waals surface area contributed by atoms with Crippen molar-refractivity contribution in [1.29, 1.82) is 0 Å². The molecule has 1 atom stereocenters. The lowest BCUT2D eigenvalue weighted by molar-refractivity contribution is -0.124. The Morgan fingerprint density at radius 3 is 2.47 bits per heavy atom. The van der Waals surface area contributed by atoms with Gasteiger partial charge in [-0.25, -0.2) is 13.8 Å². The number of amides is 1. The summed E-state index contributed by atoms with van der Waals surface area (Å²) >= 11 is 1.67. The molecule has 5 fully saturated rings. The van der Waals surface area contributed by atoms with E-state index in [1.54, 1.807) is 11.3 Å². The van der Waals surface area contributed by atoms with E-state index < -0.39 is 11.8 Å². The summed E-state index contributed by atoms with van der Waals surface area (Å²) in [4.78, 5) is 20.6. The van der Waals surface area contributed by atoms with Crippen LogP contribution in [0.3, 0.4) is 0 Å². The summed E-state index contributed by atoms with van der Waals surface area (Å²) < 4.78 is 35.9. The van der Waals surface area contributed by atoms with E-state index in [2.05, 4.69) is 39.4 Å². The first-order valence-corrected chi connectivity index (χ1v) is 16.5. The number of nitrogens with zero attached hydrogens (tertiary/aromatic N) is 4. The molecule has 9 rings (SSSR count). The number of benzene rings is 2. The van der Waals surface area contributed by atoms with Crippen LogP contribution in [0, 0.1) is 18.3 Å². The number of carbonyl (C=O) groups excluding carboxylic acids is 1. The molecule has 1 unspecified atom stereocenters. The Morgan fingerprint density at radius 2 is 1.74 bits per heavy atom. The molecule has 0 saturated heterocycles. The number of aryl methyl sites for hydroxylation is 1.